The second-order valence-corrected chi connectivity index (χ2v) is 9.73. The highest BCUT2D eigenvalue weighted by Gasteiger charge is 2.38. The molecule has 0 atom stereocenters. The molecule has 162 valence electrons. The Morgan fingerprint density at radius 3 is 2.29 bits per heavy atom. The summed E-state index contributed by atoms with van der Waals surface area (Å²) in [6.45, 7) is 3.22. The van der Waals surface area contributed by atoms with Crippen LogP contribution in [0.4, 0.5) is 11.4 Å². The summed E-state index contributed by atoms with van der Waals surface area (Å²) in [6.07, 6.45) is 3.11. The number of sulfone groups is 1. The van der Waals surface area contributed by atoms with Crippen LogP contribution in [0.15, 0.2) is 64.5 Å². The smallest absolute Gasteiger partial charge is 0.337 e. The molecule has 1 amide bonds. The van der Waals surface area contributed by atoms with Gasteiger partial charge in [0.1, 0.15) is 0 Å². The molecule has 2 aromatic rings. The molecule has 0 unspecified atom stereocenters. The Kier molecular flexibility index (Phi) is 5.58. The third kappa shape index (κ3) is 3.83. The molecule has 2 aromatic carbocycles. The number of piperidine rings is 1. The molecular formula is C23H24N2O5S. The van der Waals surface area contributed by atoms with E-state index in [1.54, 1.807) is 52.3 Å². The maximum atomic E-state index is 13.3. The predicted octanol–water partition coefficient (Wildman–Crippen LogP) is 3.50. The van der Waals surface area contributed by atoms with Crippen molar-refractivity contribution in [2.45, 2.75) is 24.7 Å². The number of para-hydroxylation sites is 1. The third-order valence-corrected chi connectivity index (χ3v) is 7.58. The standard InChI is InChI=1S/C23H24N2O5S/c1-16-11-13-24(14-12-16)22(26)21-15-25(18-9-7-17(8-10-18)23(27)30-2)19-5-3-4-6-20(19)31(21,28)29/h3-10,15-16H,11-14H2,1-2H3. The van der Waals surface area contributed by atoms with E-state index in [-0.39, 0.29) is 9.80 Å². The van der Waals surface area contributed by atoms with Gasteiger partial charge >= 0.3 is 5.97 Å². The molecule has 0 saturated carbocycles. The summed E-state index contributed by atoms with van der Waals surface area (Å²) in [5.74, 6) is -0.414. The number of rotatable bonds is 3. The molecule has 2 aliphatic heterocycles. The van der Waals surface area contributed by atoms with Gasteiger partial charge in [0.05, 0.1) is 23.3 Å². The lowest BCUT2D eigenvalue weighted by Gasteiger charge is -2.33. The highest BCUT2D eigenvalue weighted by Crippen LogP contribution is 2.40. The zero-order valence-electron chi connectivity index (χ0n) is 17.4. The van der Waals surface area contributed by atoms with E-state index in [4.69, 9.17) is 4.74 Å². The number of amides is 1. The maximum Gasteiger partial charge on any atom is 0.337 e. The molecule has 2 aliphatic rings. The molecule has 2 heterocycles. The van der Waals surface area contributed by atoms with Crippen LogP contribution in [0.5, 0.6) is 0 Å². The molecule has 31 heavy (non-hydrogen) atoms. The first kappa shape index (κ1) is 21.1. The molecule has 1 saturated heterocycles. The van der Waals surface area contributed by atoms with E-state index >= 15 is 0 Å². The molecule has 4 rings (SSSR count). The molecule has 0 bridgehead atoms. The van der Waals surface area contributed by atoms with Crippen molar-refractivity contribution in [1.82, 2.24) is 4.90 Å². The first-order chi connectivity index (χ1) is 14.8. The van der Waals surface area contributed by atoms with Crippen LogP contribution >= 0.6 is 0 Å². The van der Waals surface area contributed by atoms with Crippen LogP contribution in [0.3, 0.4) is 0 Å². The SMILES string of the molecule is COC(=O)c1ccc(N2C=C(C(=O)N3CCC(C)CC3)S(=O)(=O)c3ccccc32)cc1. The lowest BCUT2D eigenvalue weighted by atomic mass is 9.99. The van der Waals surface area contributed by atoms with Gasteiger partial charge in [0.15, 0.2) is 4.91 Å². The van der Waals surface area contributed by atoms with Gasteiger partial charge in [-0.05, 0) is 55.2 Å². The summed E-state index contributed by atoms with van der Waals surface area (Å²) in [4.78, 5) is 28.1. The summed E-state index contributed by atoms with van der Waals surface area (Å²) < 4.78 is 31.4. The molecule has 1 fully saturated rings. The van der Waals surface area contributed by atoms with Gasteiger partial charge < -0.3 is 14.5 Å². The summed E-state index contributed by atoms with van der Waals surface area (Å²) in [5, 5.41) is 0. The number of esters is 1. The minimum atomic E-state index is -3.96. The van der Waals surface area contributed by atoms with Crippen molar-refractivity contribution in [3.63, 3.8) is 0 Å². The van der Waals surface area contributed by atoms with Crippen molar-refractivity contribution in [3.05, 3.63) is 65.2 Å². The number of anilines is 2. The van der Waals surface area contributed by atoms with Crippen molar-refractivity contribution in [2.75, 3.05) is 25.1 Å². The van der Waals surface area contributed by atoms with Gasteiger partial charge in [-0.15, -0.1) is 0 Å². The quantitative estimate of drug-likeness (QED) is 0.680. The Morgan fingerprint density at radius 1 is 1.00 bits per heavy atom. The van der Waals surface area contributed by atoms with Crippen LogP contribution in [-0.4, -0.2) is 45.4 Å². The fraction of sp³-hybridized carbons (Fsp3) is 0.304. The highest BCUT2D eigenvalue weighted by molar-refractivity contribution is 7.96. The summed E-state index contributed by atoms with van der Waals surface area (Å²) in [7, 11) is -2.65. The first-order valence-electron chi connectivity index (χ1n) is 10.2. The van der Waals surface area contributed by atoms with Crippen molar-refractivity contribution in [2.24, 2.45) is 5.92 Å². The number of nitrogens with zero attached hydrogens (tertiary/aromatic N) is 2. The van der Waals surface area contributed by atoms with E-state index in [1.165, 1.54) is 19.4 Å². The number of fused-ring (bicyclic) bond motifs is 1. The van der Waals surface area contributed by atoms with Gasteiger partial charge in [-0.1, -0.05) is 19.1 Å². The van der Waals surface area contributed by atoms with Crippen LogP contribution in [0.1, 0.15) is 30.1 Å². The van der Waals surface area contributed by atoms with Gasteiger partial charge in [0.25, 0.3) is 5.91 Å². The largest absolute Gasteiger partial charge is 0.465 e. The van der Waals surface area contributed by atoms with Crippen LogP contribution in [0.25, 0.3) is 0 Å². The number of carbonyl (C=O) groups excluding carboxylic acids is 2. The van der Waals surface area contributed by atoms with Gasteiger partial charge in [0.2, 0.25) is 9.84 Å². The number of hydrogen-bond donors (Lipinski definition) is 0. The number of methoxy groups -OCH3 is 1. The zero-order valence-corrected chi connectivity index (χ0v) is 18.3. The number of ether oxygens (including phenoxy) is 1. The lowest BCUT2D eigenvalue weighted by Crippen LogP contribution is -2.41. The topological polar surface area (TPSA) is 84.0 Å². The van der Waals surface area contributed by atoms with E-state index in [0.717, 1.165) is 12.8 Å². The lowest BCUT2D eigenvalue weighted by molar-refractivity contribution is -0.127. The summed E-state index contributed by atoms with van der Waals surface area (Å²) in [5.41, 5.74) is 1.47. The molecule has 0 N–H and O–H groups in total. The van der Waals surface area contributed by atoms with Gasteiger partial charge in [-0.25, -0.2) is 13.2 Å². The Morgan fingerprint density at radius 2 is 1.65 bits per heavy atom. The first-order valence-corrected chi connectivity index (χ1v) is 11.6. The minimum absolute atomic E-state index is 0.0864. The second-order valence-electron chi connectivity index (χ2n) is 7.85. The fourth-order valence-electron chi connectivity index (χ4n) is 3.89. The molecule has 7 nitrogen and oxygen atoms in total. The van der Waals surface area contributed by atoms with Gasteiger partial charge in [0, 0.05) is 25.0 Å². The van der Waals surface area contributed by atoms with Crippen molar-refractivity contribution in [1.29, 1.82) is 0 Å². The van der Waals surface area contributed by atoms with E-state index in [1.807, 2.05) is 0 Å². The molecule has 0 aliphatic carbocycles. The van der Waals surface area contributed by atoms with Crippen LogP contribution in [0, 0.1) is 5.92 Å². The Hall–Kier alpha value is -3.13. The van der Waals surface area contributed by atoms with E-state index in [9.17, 15) is 18.0 Å². The number of hydrogen-bond acceptors (Lipinski definition) is 6. The van der Waals surface area contributed by atoms with Crippen molar-refractivity contribution >= 4 is 33.1 Å². The highest BCUT2D eigenvalue weighted by atomic mass is 32.2. The maximum absolute atomic E-state index is 13.3. The molecule has 0 radical (unpaired) electrons. The third-order valence-electron chi connectivity index (χ3n) is 5.80. The number of carbonyl (C=O) groups is 2. The minimum Gasteiger partial charge on any atom is -0.465 e. The molecular weight excluding hydrogens is 416 g/mol. The Bertz CT molecular complexity index is 1150. The van der Waals surface area contributed by atoms with E-state index in [0.29, 0.717) is 35.9 Å². The van der Waals surface area contributed by atoms with Crippen molar-refractivity contribution in [3.8, 4) is 0 Å². The second kappa shape index (κ2) is 8.19. The fourth-order valence-corrected chi connectivity index (χ4v) is 5.42. The summed E-state index contributed by atoms with van der Waals surface area (Å²) in [6, 6.07) is 13.2. The zero-order chi connectivity index (χ0) is 22.2. The average molecular weight is 441 g/mol. The Balaban J connectivity index is 1.77. The van der Waals surface area contributed by atoms with Crippen molar-refractivity contribution < 1.29 is 22.7 Å². The predicted molar refractivity (Wildman–Crippen MR) is 117 cm³/mol. The molecule has 0 spiro atoms. The van der Waals surface area contributed by atoms with Gasteiger partial charge in [-0.2, -0.15) is 0 Å². The molecule has 8 heteroatoms. The van der Waals surface area contributed by atoms with Crippen LogP contribution in [0.2, 0.25) is 0 Å². The van der Waals surface area contributed by atoms with Gasteiger partial charge in [-0.3, -0.25) is 4.79 Å². The monoisotopic (exact) mass is 440 g/mol. The van der Waals surface area contributed by atoms with E-state index in [2.05, 4.69) is 6.92 Å². The number of likely N-dealkylation sites (tertiary alicyclic amines) is 1. The normalized spacial score (nSPS) is 18.2. The summed E-state index contributed by atoms with van der Waals surface area (Å²) >= 11 is 0. The number of benzene rings is 2. The van der Waals surface area contributed by atoms with Crippen LogP contribution < -0.4 is 4.90 Å². The van der Waals surface area contributed by atoms with Crippen LogP contribution in [-0.2, 0) is 19.4 Å². The van der Waals surface area contributed by atoms with E-state index < -0.39 is 21.7 Å². The molecule has 0 aromatic heterocycles. The average Bonchev–Trinajstić information content (AvgIpc) is 2.79. The Labute approximate surface area is 181 Å².